The Balaban J connectivity index is 1.38. The van der Waals surface area contributed by atoms with E-state index in [2.05, 4.69) is 22.9 Å². The van der Waals surface area contributed by atoms with Crippen LogP contribution in [-0.4, -0.2) is 25.0 Å². The highest BCUT2D eigenvalue weighted by Gasteiger charge is 2.06. The van der Waals surface area contributed by atoms with E-state index in [0.29, 0.717) is 25.1 Å². The van der Waals surface area contributed by atoms with Crippen LogP contribution >= 0.6 is 0 Å². The van der Waals surface area contributed by atoms with Crippen LogP contribution in [-0.2, 0) is 16.0 Å². The Bertz CT molecular complexity index is 1050. The van der Waals surface area contributed by atoms with Gasteiger partial charge in [-0.2, -0.15) is 0 Å². The van der Waals surface area contributed by atoms with Gasteiger partial charge in [-0.3, -0.25) is 9.59 Å². The molecule has 0 spiro atoms. The van der Waals surface area contributed by atoms with Gasteiger partial charge in [0.05, 0.1) is 13.2 Å². The summed E-state index contributed by atoms with van der Waals surface area (Å²) in [7, 11) is 0. The van der Waals surface area contributed by atoms with E-state index in [-0.39, 0.29) is 18.4 Å². The van der Waals surface area contributed by atoms with Crippen LogP contribution in [0.25, 0.3) is 0 Å². The first kappa shape index (κ1) is 25.8. The molecule has 2 amide bonds. The molecule has 0 atom stereocenters. The average molecular weight is 474 g/mol. The van der Waals surface area contributed by atoms with Crippen molar-refractivity contribution in [1.82, 2.24) is 0 Å². The van der Waals surface area contributed by atoms with E-state index in [4.69, 9.17) is 4.74 Å². The van der Waals surface area contributed by atoms with Crippen molar-refractivity contribution in [3.8, 4) is 5.75 Å². The number of benzene rings is 3. The first-order chi connectivity index (χ1) is 17.1. The minimum Gasteiger partial charge on any atom is -0.494 e. The highest BCUT2D eigenvalue weighted by Crippen LogP contribution is 2.18. The molecule has 6 heteroatoms. The third-order valence-corrected chi connectivity index (χ3v) is 5.49. The number of hydrogen-bond donors (Lipinski definition) is 3. The Labute approximate surface area is 208 Å². The van der Waals surface area contributed by atoms with Crippen molar-refractivity contribution in [2.45, 2.75) is 45.4 Å². The molecule has 0 saturated carbocycles. The molecule has 35 heavy (non-hydrogen) atoms. The summed E-state index contributed by atoms with van der Waals surface area (Å²) >= 11 is 0. The van der Waals surface area contributed by atoms with Gasteiger partial charge in [0.15, 0.2) is 0 Å². The molecule has 6 nitrogen and oxygen atoms in total. The number of nitrogens with one attached hydrogen (secondary N) is 3. The Hall–Kier alpha value is -3.80. The molecule has 0 fully saturated rings. The van der Waals surface area contributed by atoms with Gasteiger partial charge in [0, 0.05) is 23.5 Å². The maximum absolute atomic E-state index is 12.4. The summed E-state index contributed by atoms with van der Waals surface area (Å²) in [6.07, 6.45) is 5.78. The molecule has 0 aliphatic carbocycles. The SMILES string of the molecule is CCCCCCOc1ccc(NC(=O)CNc2cccc(NC(=O)CCc3ccccc3)c2)cc1. The molecule has 0 unspecified atom stereocenters. The van der Waals surface area contributed by atoms with Crippen molar-refractivity contribution in [2.24, 2.45) is 0 Å². The average Bonchev–Trinajstić information content (AvgIpc) is 2.88. The molecule has 0 saturated heterocycles. The molecule has 184 valence electrons. The molecule has 3 aromatic rings. The van der Waals surface area contributed by atoms with Crippen molar-refractivity contribution in [2.75, 3.05) is 29.1 Å². The van der Waals surface area contributed by atoms with E-state index in [1.807, 2.05) is 78.9 Å². The Kier molecular flexibility index (Phi) is 10.7. The van der Waals surface area contributed by atoms with E-state index in [9.17, 15) is 9.59 Å². The highest BCUT2D eigenvalue weighted by molar-refractivity contribution is 5.94. The van der Waals surface area contributed by atoms with E-state index in [1.54, 1.807) is 0 Å². The zero-order valence-corrected chi connectivity index (χ0v) is 20.4. The standard InChI is InChI=1S/C29H35N3O3/c1-2-3-4-8-20-35-27-17-15-24(16-18-27)31-29(34)22-30-25-12-9-13-26(21-25)32-28(33)19-14-23-10-6-5-7-11-23/h5-7,9-13,15-18,21,30H,2-4,8,14,19-20,22H2,1H3,(H,31,34)(H,32,33). The second kappa shape index (κ2) is 14.5. The molecule has 0 aliphatic heterocycles. The summed E-state index contributed by atoms with van der Waals surface area (Å²) < 4.78 is 5.74. The van der Waals surface area contributed by atoms with E-state index in [0.717, 1.165) is 29.1 Å². The van der Waals surface area contributed by atoms with E-state index in [1.165, 1.54) is 19.3 Å². The second-order valence-corrected chi connectivity index (χ2v) is 8.45. The van der Waals surface area contributed by atoms with E-state index >= 15 is 0 Å². The zero-order chi connectivity index (χ0) is 24.7. The van der Waals surface area contributed by atoms with Crippen molar-refractivity contribution in [3.63, 3.8) is 0 Å². The molecule has 3 N–H and O–H groups in total. The molecular weight excluding hydrogens is 438 g/mol. The van der Waals surface area contributed by atoms with Gasteiger partial charge in [-0.15, -0.1) is 0 Å². The Morgan fingerprint density at radius 1 is 0.743 bits per heavy atom. The number of carbonyl (C=O) groups excluding carboxylic acids is 2. The topological polar surface area (TPSA) is 79.5 Å². The summed E-state index contributed by atoms with van der Waals surface area (Å²) in [5, 5.41) is 8.90. The smallest absolute Gasteiger partial charge is 0.243 e. The number of hydrogen-bond acceptors (Lipinski definition) is 4. The van der Waals surface area contributed by atoms with Crippen LogP contribution in [0.1, 0.15) is 44.6 Å². The predicted octanol–water partition coefficient (Wildman–Crippen LogP) is 6.27. The molecule has 0 aromatic heterocycles. The second-order valence-electron chi connectivity index (χ2n) is 8.45. The van der Waals surface area contributed by atoms with Gasteiger partial charge in [-0.25, -0.2) is 0 Å². The fraction of sp³-hybridized carbons (Fsp3) is 0.310. The molecule has 0 radical (unpaired) electrons. The molecule has 3 rings (SSSR count). The lowest BCUT2D eigenvalue weighted by Crippen LogP contribution is -2.21. The van der Waals surface area contributed by atoms with Crippen LogP contribution in [0.2, 0.25) is 0 Å². The van der Waals surface area contributed by atoms with Crippen LogP contribution < -0.4 is 20.7 Å². The van der Waals surface area contributed by atoms with Gasteiger partial charge >= 0.3 is 0 Å². The number of amides is 2. The van der Waals surface area contributed by atoms with Crippen molar-refractivity contribution in [1.29, 1.82) is 0 Å². The van der Waals surface area contributed by atoms with E-state index < -0.39 is 0 Å². The van der Waals surface area contributed by atoms with Crippen LogP contribution in [0.15, 0.2) is 78.9 Å². The van der Waals surface area contributed by atoms with Gasteiger partial charge in [0.2, 0.25) is 11.8 Å². The molecule has 0 heterocycles. The third kappa shape index (κ3) is 9.92. The number of ether oxygens (including phenoxy) is 1. The maximum atomic E-state index is 12.4. The minimum atomic E-state index is -0.157. The zero-order valence-electron chi connectivity index (χ0n) is 20.4. The largest absolute Gasteiger partial charge is 0.494 e. The first-order valence-corrected chi connectivity index (χ1v) is 12.3. The van der Waals surface area contributed by atoms with Crippen LogP contribution in [0.3, 0.4) is 0 Å². The van der Waals surface area contributed by atoms with Crippen molar-refractivity contribution >= 4 is 28.9 Å². The van der Waals surface area contributed by atoms with Gasteiger partial charge < -0.3 is 20.7 Å². The quantitative estimate of drug-likeness (QED) is 0.241. The lowest BCUT2D eigenvalue weighted by atomic mass is 10.1. The third-order valence-electron chi connectivity index (χ3n) is 5.49. The fourth-order valence-corrected chi connectivity index (χ4v) is 3.57. The van der Waals surface area contributed by atoms with Crippen molar-refractivity contribution in [3.05, 3.63) is 84.4 Å². The summed E-state index contributed by atoms with van der Waals surface area (Å²) in [5.74, 6) is 0.605. The maximum Gasteiger partial charge on any atom is 0.243 e. The predicted molar refractivity (Wildman–Crippen MR) is 143 cm³/mol. The molecule has 0 aliphatic rings. The number of aryl methyl sites for hydroxylation is 1. The normalized spacial score (nSPS) is 10.4. The number of rotatable bonds is 14. The van der Waals surface area contributed by atoms with Gasteiger partial charge in [-0.05, 0) is 60.9 Å². The lowest BCUT2D eigenvalue weighted by molar-refractivity contribution is -0.116. The fourth-order valence-electron chi connectivity index (χ4n) is 3.57. The summed E-state index contributed by atoms with van der Waals surface area (Å²) in [6, 6.07) is 24.7. The van der Waals surface area contributed by atoms with Gasteiger partial charge in [-0.1, -0.05) is 62.6 Å². The highest BCUT2D eigenvalue weighted by atomic mass is 16.5. The van der Waals surface area contributed by atoms with Crippen LogP contribution in [0.4, 0.5) is 17.1 Å². The monoisotopic (exact) mass is 473 g/mol. The molecule has 0 bridgehead atoms. The minimum absolute atomic E-state index is 0.0443. The van der Waals surface area contributed by atoms with Crippen LogP contribution in [0, 0.1) is 0 Å². The first-order valence-electron chi connectivity index (χ1n) is 12.3. The molecular formula is C29H35N3O3. The lowest BCUT2D eigenvalue weighted by Gasteiger charge is -2.11. The summed E-state index contributed by atoms with van der Waals surface area (Å²) in [5.41, 5.74) is 3.30. The van der Waals surface area contributed by atoms with Gasteiger partial charge in [0.1, 0.15) is 5.75 Å². The number of carbonyl (C=O) groups is 2. The molecule has 3 aromatic carbocycles. The summed E-state index contributed by atoms with van der Waals surface area (Å²) in [4.78, 5) is 24.6. The van der Waals surface area contributed by atoms with Gasteiger partial charge in [0.25, 0.3) is 0 Å². The Morgan fingerprint density at radius 3 is 2.26 bits per heavy atom. The summed E-state index contributed by atoms with van der Waals surface area (Å²) in [6.45, 7) is 3.01. The number of unbranched alkanes of at least 4 members (excludes halogenated alkanes) is 3. The number of anilines is 3. The van der Waals surface area contributed by atoms with Crippen molar-refractivity contribution < 1.29 is 14.3 Å². The van der Waals surface area contributed by atoms with Crippen LogP contribution in [0.5, 0.6) is 5.75 Å². The Morgan fingerprint density at radius 2 is 1.49 bits per heavy atom.